The zero-order valence-corrected chi connectivity index (χ0v) is 18.4. The fraction of sp³-hybridized carbons (Fsp3) is 0.950. The Morgan fingerprint density at radius 2 is 1.52 bits per heavy atom. The Labute approximate surface area is 157 Å². The van der Waals surface area contributed by atoms with E-state index in [0.717, 1.165) is 13.1 Å². The molecule has 0 aromatic rings. The molecule has 0 aliphatic carbocycles. The number of hydrogen-bond donors (Lipinski definition) is 0. The van der Waals surface area contributed by atoms with E-state index in [1.54, 1.807) is 0 Å². The van der Waals surface area contributed by atoms with Crippen molar-refractivity contribution in [3.05, 3.63) is 0 Å². The van der Waals surface area contributed by atoms with E-state index in [-0.39, 0.29) is 5.97 Å². The van der Waals surface area contributed by atoms with Gasteiger partial charge in [0.2, 0.25) is 0 Å². The summed E-state index contributed by atoms with van der Waals surface area (Å²) in [6.45, 7) is 11.6. The normalized spacial score (nSPS) is 19.5. The highest BCUT2D eigenvalue weighted by Crippen LogP contribution is 2.19. The standard InChI is InChI=1S/C20H42N2O2Si/c1-5-6-7-8-9-10-11-12-15-21-16-13-17-22(20(21)25(3)4)18-14-19(23)24-2/h20,25H,5-18H2,1-4H3. The molecule has 0 aromatic heterocycles. The van der Waals surface area contributed by atoms with Crippen LogP contribution in [0.3, 0.4) is 0 Å². The predicted octanol–water partition coefficient (Wildman–Crippen LogP) is 4.05. The molecule has 0 saturated carbocycles. The smallest absolute Gasteiger partial charge is 0.306 e. The highest BCUT2D eigenvalue weighted by atomic mass is 28.3. The first kappa shape index (κ1) is 22.6. The molecular weight excluding hydrogens is 328 g/mol. The Balaban J connectivity index is 2.31. The zero-order valence-electron chi connectivity index (χ0n) is 17.3. The fourth-order valence-electron chi connectivity index (χ4n) is 4.09. The molecule has 0 aromatic carbocycles. The molecular formula is C20H42N2O2Si. The molecule has 1 aliphatic rings. The molecule has 25 heavy (non-hydrogen) atoms. The number of esters is 1. The molecule has 1 atom stereocenters. The van der Waals surface area contributed by atoms with Gasteiger partial charge in [0.05, 0.1) is 22.3 Å². The highest BCUT2D eigenvalue weighted by molar-refractivity contribution is 6.57. The molecule has 1 fully saturated rings. The Bertz CT molecular complexity index is 353. The van der Waals surface area contributed by atoms with E-state index in [0.29, 0.717) is 12.2 Å². The first-order valence-electron chi connectivity index (χ1n) is 10.6. The van der Waals surface area contributed by atoms with Gasteiger partial charge in [-0.25, -0.2) is 0 Å². The number of carbonyl (C=O) groups is 1. The average Bonchev–Trinajstić information content (AvgIpc) is 2.61. The molecule has 1 unspecified atom stereocenters. The summed E-state index contributed by atoms with van der Waals surface area (Å²) >= 11 is 0. The van der Waals surface area contributed by atoms with E-state index < -0.39 is 8.80 Å². The molecule has 0 radical (unpaired) electrons. The molecule has 1 rings (SSSR count). The van der Waals surface area contributed by atoms with E-state index >= 15 is 0 Å². The van der Waals surface area contributed by atoms with Gasteiger partial charge in [-0.05, 0) is 19.4 Å². The van der Waals surface area contributed by atoms with Gasteiger partial charge in [-0.1, -0.05) is 65.0 Å². The monoisotopic (exact) mass is 370 g/mol. The number of methoxy groups -OCH3 is 1. The van der Waals surface area contributed by atoms with Crippen LogP contribution in [-0.2, 0) is 9.53 Å². The number of ether oxygens (including phenoxy) is 1. The van der Waals surface area contributed by atoms with Crippen molar-refractivity contribution in [1.82, 2.24) is 9.80 Å². The van der Waals surface area contributed by atoms with Gasteiger partial charge in [-0.2, -0.15) is 0 Å². The van der Waals surface area contributed by atoms with Crippen molar-refractivity contribution in [2.75, 3.05) is 33.3 Å². The lowest BCUT2D eigenvalue weighted by Gasteiger charge is -2.46. The minimum absolute atomic E-state index is 0.0793. The second-order valence-electron chi connectivity index (χ2n) is 7.88. The van der Waals surface area contributed by atoms with Crippen molar-refractivity contribution in [2.24, 2.45) is 0 Å². The van der Waals surface area contributed by atoms with Gasteiger partial charge in [-0.15, -0.1) is 0 Å². The highest BCUT2D eigenvalue weighted by Gasteiger charge is 2.31. The Morgan fingerprint density at radius 3 is 2.08 bits per heavy atom. The van der Waals surface area contributed by atoms with Crippen LogP contribution in [0.2, 0.25) is 13.1 Å². The number of nitrogens with zero attached hydrogens (tertiary/aromatic N) is 2. The minimum atomic E-state index is -0.818. The summed E-state index contributed by atoms with van der Waals surface area (Å²) in [7, 11) is 0.670. The van der Waals surface area contributed by atoms with Gasteiger partial charge in [0.25, 0.3) is 0 Å². The molecule has 0 spiro atoms. The summed E-state index contributed by atoms with van der Waals surface area (Å²) in [5, 5.41) is 0. The lowest BCUT2D eigenvalue weighted by Crippen LogP contribution is -2.59. The van der Waals surface area contributed by atoms with Gasteiger partial charge < -0.3 is 4.74 Å². The summed E-state index contributed by atoms with van der Waals surface area (Å²) in [5.41, 5.74) is 0. The Morgan fingerprint density at radius 1 is 0.960 bits per heavy atom. The third-order valence-corrected chi connectivity index (χ3v) is 7.40. The van der Waals surface area contributed by atoms with Crippen LogP contribution in [0.4, 0.5) is 0 Å². The van der Waals surface area contributed by atoms with Gasteiger partial charge in [0.15, 0.2) is 0 Å². The topological polar surface area (TPSA) is 32.8 Å². The molecule has 148 valence electrons. The van der Waals surface area contributed by atoms with Crippen LogP contribution in [0.25, 0.3) is 0 Å². The Kier molecular flexibility index (Phi) is 12.5. The van der Waals surface area contributed by atoms with Crippen LogP contribution < -0.4 is 0 Å². The Hall–Kier alpha value is -0.393. The van der Waals surface area contributed by atoms with Crippen LogP contribution in [0.15, 0.2) is 0 Å². The third-order valence-electron chi connectivity index (χ3n) is 5.36. The first-order chi connectivity index (χ1) is 12.1. The summed E-state index contributed by atoms with van der Waals surface area (Å²) in [6, 6.07) is 0. The van der Waals surface area contributed by atoms with Crippen molar-refractivity contribution in [2.45, 2.75) is 90.0 Å². The van der Waals surface area contributed by atoms with E-state index in [4.69, 9.17) is 4.74 Å². The third kappa shape index (κ3) is 9.20. The molecule has 1 heterocycles. The molecule has 0 bridgehead atoms. The second kappa shape index (κ2) is 13.8. The van der Waals surface area contributed by atoms with Gasteiger partial charge >= 0.3 is 5.97 Å². The van der Waals surface area contributed by atoms with Crippen LogP contribution in [-0.4, -0.2) is 63.6 Å². The van der Waals surface area contributed by atoms with Crippen LogP contribution in [0.1, 0.15) is 71.1 Å². The lowest BCUT2D eigenvalue weighted by atomic mass is 10.1. The van der Waals surface area contributed by atoms with Crippen molar-refractivity contribution < 1.29 is 9.53 Å². The van der Waals surface area contributed by atoms with Crippen LogP contribution >= 0.6 is 0 Å². The maximum absolute atomic E-state index is 11.5. The van der Waals surface area contributed by atoms with Crippen molar-refractivity contribution in [3.8, 4) is 0 Å². The van der Waals surface area contributed by atoms with E-state index in [1.807, 2.05) is 0 Å². The van der Waals surface area contributed by atoms with Gasteiger partial charge in [-0.3, -0.25) is 14.6 Å². The van der Waals surface area contributed by atoms with Crippen molar-refractivity contribution in [3.63, 3.8) is 0 Å². The van der Waals surface area contributed by atoms with E-state index in [9.17, 15) is 4.79 Å². The van der Waals surface area contributed by atoms with Crippen LogP contribution in [0.5, 0.6) is 0 Å². The molecule has 1 aliphatic heterocycles. The number of carbonyl (C=O) groups excluding carboxylic acids is 1. The summed E-state index contributed by atoms with van der Waals surface area (Å²) in [5.74, 6) is 0.535. The molecule has 1 saturated heterocycles. The van der Waals surface area contributed by atoms with Gasteiger partial charge in [0.1, 0.15) is 0 Å². The van der Waals surface area contributed by atoms with E-state index in [2.05, 4.69) is 29.8 Å². The number of hydrogen-bond acceptors (Lipinski definition) is 4. The van der Waals surface area contributed by atoms with E-state index in [1.165, 1.54) is 78.0 Å². The molecule has 4 nitrogen and oxygen atoms in total. The number of rotatable bonds is 13. The summed E-state index contributed by atoms with van der Waals surface area (Å²) < 4.78 is 4.82. The minimum Gasteiger partial charge on any atom is -0.469 e. The molecule has 0 N–H and O–H groups in total. The van der Waals surface area contributed by atoms with Gasteiger partial charge in [0, 0.05) is 25.4 Å². The summed E-state index contributed by atoms with van der Waals surface area (Å²) in [4.78, 5) is 16.8. The quantitative estimate of drug-likeness (QED) is 0.278. The van der Waals surface area contributed by atoms with Crippen LogP contribution in [0, 0.1) is 0 Å². The fourth-order valence-corrected chi connectivity index (χ4v) is 6.37. The number of unbranched alkanes of at least 4 members (excludes halogenated alkanes) is 7. The van der Waals surface area contributed by atoms with Crippen molar-refractivity contribution in [1.29, 1.82) is 0 Å². The SMILES string of the molecule is CCCCCCCCCCN1CCCN(CCC(=O)OC)C1[SiH](C)C. The van der Waals surface area contributed by atoms with Crippen molar-refractivity contribution >= 4 is 14.8 Å². The largest absolute Gasteiger partial charge is 0.469 e. The lowest BCUT2D eigenvalue weighted by molar-refractivity contribution is -0.141. The molecule has 0 amide bonds. The zero-order chi connectivity index (χ0) is 18.5. The second-order valence-corrected chi connectivity index (χ2v) is 11.0. The maximum atomic E-state index is 11.5. The predicted molar refractivity (Wildman–Crippen MR) is 110 cm³/mol. The summed E-state index contributed by atoms with van der Waals surface area (Å²) in [6.07, 6.45) is 12.8. The molecule has 5 heteroatoms. The maximum Gasteiger partial charge on any atom is 0.306 e. The first-order valence-corrected chi connectivity index (χ1v) is 13.6. The average molecular weight is 371 g/mol.